The molecule has 0 aromatic carbocycles. The van der Waals surface area contributed by atoms with Crippen molar-refractivity contribution in [2.45, 2.75) is 47.1 Å². The molecule has 2 rings (SSSR count). The van der Waals surface area contributed by atoms with Crippen molar-refractivity contribution < 1.29 is 4.79 Å². The van der Waals surface area contributed by atoms with E-state index in [1.165, 1.54) is 0 Å². The molecule has 6 heteroatoms. The monoisotopic (exact) mass is 303 g/mol. The van der Waals surface area contributed by atoms with Crippen molar-refractivity contribution in [1.82, 2.24) is 14.7 Å². The summed E-state index contributed by atoms with van der Waals surface area (Å²) in [5, 5.41) is 16.6. The van der Waals surface area contributed by atoms with E-state index in [-0.39, 0.29) is 11.3 Å². The topological polar surface area (TPSA) is 74.0 Å². The minimum absolute atomic E-state index is 0.0379. The minimum Gasteiger partial charge on any atom is -0.322 e. The third-order valence-corrected chi connectivity index (χ3v) is 4.36. The zero-order valence-corrected chi connectivity index (χ0v) is 13.9. The molecule has 1 aromatic heterocycles. The van der Waals surface area contributed by atoms with Crippen LogP contribution in [0.15, 0.2) is 0 Å². The lowest BCUT2D eigenvalue weighted by atomic mass is 9.83. The highest BCUT2D eigenvalue weighted by atomic mass is 16.2. The summed E-state index contributed by atoms with van der Waals surface area (Å²) in [6.07, 6.45) is 1.87. The molecule has 0 unspecified atom stereocenters. The fourth-order valence-electron chi connectivity index (χ4n) is 3.14. The van der Waals surface area contributed by atoms with E-state index in [1.807, 2.05) is 32.4 Å². The van der Waals surface area contributed by atoms with Gasteiger partial charge in [-0.15, -0.1) is 0 Å². The Morgan fingerprint density at radius 1 is 1.50 bits per heavy atom. The van der Waals surface area contributed by atoms with Crippen molar-refractivity contribution in [2.75, 3.05) is 25.0 Å². The van der Waals surface area contributed by atoms with E-state index >= 15 is 0 Å². The summed E-state index contributed by atoms with van der Waals surface area (Å²) in [6.45, 7) is 10.5. The Kier molecular flexibility index (Phi) is 4.87. The van der Waals surface area contributed by atoms with Crippen LogP contribution in [0.25, 0.3) is 0 Å². The maximum absolute atomic E-state index is 12.3. The second-order valence-electron chi connectivity index (χ2n) is 6.40. The van der Waals surface area contributed by atoms with Gasteiger partial charge in [0.25, 0.3) is 0 Å². The summed E-state index contributed by atoms with van der Waals surface area (Å²) in [6, 6.07) is 2.38. The van der Waals surface area contributed by atoms with Crippen molar-refractivity contribution in [3.05, 3.63) is 11.4 Å². The summed E-state index contributed by atoms with van der Waals surface area (Å²) >= 11 is 0. The lowest BCUT2D eigenvalue weighted by molar-refractivity contribution is -0.117. The quantitative estimate of drug-likeness (QED) is 0.924. The highest BCUT2D eigenvalue weighted by Crippen LogP contribution is 2.28. The highest BCUT2D eigenvalue weighted by molar-refractivity contribution is 5.93. The van der Waals surface area contributed by atoms with Crippen LogP contribution in [-0.4, -0.2) is 40.2 Å². The number of amides is 1. The molecule has 1 saturated heterocycles. The van der Waals surface area contributed by atoms with Gasteiger partial charge in [-0.3, -0.25) is 14.4 Å². The second-order valence-corrected chi connectivity index (χ2v) is 6.40. The molecule has 22 heavy (non-hydrogen) atoms. The van der Waals surface area contributed by atoms with E-state index in [4.69, 9.17) is 0 Å². The number of aryl methyl sites for hydroxylation is 2. The number of nitrogens with zero attached hydrogens (tertiary/aromatic N) is 4. The smallest absolute Gasteiger partial charge is 0.238 e. The summed E-state index contributed by atoms with van der Waals surface area (Å²) < 4.78 is 1.89. The standard InChI is InChI=1S/C16H25N5O/c1-5-21-13(3)15(12(2)19-21)18-14(22)9-20-8-6-7-16(4,10-17)11-20/h5-9,11H2,1-4H3,(H,18,22)/t16-/m0/s1. The molecule has 0 saturated carbocycles. The molecule has 0 aliphatic carbocycles. The van der Waals surface area contributed by atoms with Crippen LogP contribution in [0.3, 0.4) is 0 Å². The zero-order chi connectivity index (χ0) is 16.3. The normalized spacial score (nSPS) is 22.3. The van der Waals surface area contributed by atoms with Crippen molar-refractivity contribution in [3.8, 4) is 6.07 Å². The fourth-order valence-corrected chi connectivity index (χ4v) is 3.14. The first-order chi connectivity index (χ1) is 10.4. The van der Waals surface area contributed by atoms with Gasteiger partial charge in [0, 0.05) is 13.1 Å². The second kappa shape index (κ2) is 6.49. The first kappa shape index (κ1) is 16.5. The average Bonchev–Trinajstić information content (AvgIpc) is 2.75. The van der Waals surface area contributed by atoms with Crippen molar-refractivity contribution in [3.63, 3.8) is 0 Å². The molecule has 120 valence electrons. The van der Waals surface area contributed by atoms with Crippen LogP contribution in [-0.2, 0) is 11.3 Å². The third-order valence-electron chi connectivity index (χ3n) is 4.36. The number of carbonyl (C=O) groups excluding carboxylic acids is 1. The van der Waals surface area contributed by atoms with Gasteiger partial charge >= 0.3 is 0 Å². The van der Waals surface area contributed by atoms with E-state index < -0.39 is 0 Å². The molecule has 1 N–H and O–H groups in total. The number of carbonyl (C=O) groups is 1. The number of piperidine rings is 1. The number of nitriles is 1. The Balaban J connectivity index is 1.99. The first-order valence-corrected chi connectivity index (χ1v) is 7.86. The van der Waals surface area contributed by atoms with Crippen molar-refractivity contribution in [1.29, 1.82) is 5.26 Å². The zero-order valence-electron chi connectivity index (χ0n) is 13.9. The fraction of sp³-hybridized carbons (Fsp3) is 0.688. The summed E-state index contributed by atoms with van der Waals surface area (Å²) in [5.41, 5.74) is 2.30. The van der Waals surface area contributed by atoms with Crippen LogP contribution in [0.5, 0.6) is 0 Å². The number of nitrogens with one attached hydrogen (secondary N) is 1. The van der Waals surface area contributed by atoms with E-state index in [9.17, 15) is 10.1 Å². The van der Waals surface area contributed by atoms with Gasteiger partial charge in [0.2, 0.25) is 5.91 Å². The molecular formula is C16H25N5O. The third kappa shape index (κ3) is 3.47. The summed E-state index contributed by atoms with van der Waals surface area (Å²) in [7, 11) is 0. The molecule has 1 amide bonds. The predicted molar refractivity (Wildman–Crippen MR) is 85.4 cm³/mol. The highest BCUT2D eigenvalue weighted by Gasteiger charge is 2.31. The van der Waals surface area contributed by atoms with E-state index in [2.05, 4.69) is 21.4 Å². The SMILES string of the molecule is CCn1nc(C)c(NC(=O)CN2CCC[C@@](C)(C#N)C2)c1C. The number of aromatic nitrogens is 2. The molecule has 0 bridgehead atoms. The van der Waals surface area contributed by atoms with Crippen molar-refractivity contribution in [2.24, 2.45) is 5.41 Å². The predicted octanol–water partition coefficient (Wildman–Crippen LogP) is 2.08. The van der Waals surface area contributed by atoms with Crippen LogP contribution in [0.4, 0.5) is 5.69 Å². The number of rotatable bonds is 4. The Morgan fingerprint density at radius 3 is 2.82 bits per heavy atom. The largest absolute Gasteiger partial charge is 0.322 e. The Labute approximate surface area is 132 Å². The lowest BCUT2D eigenvalue weighted by Crippen LogP contribution is -2.44. The van der Waals surface area contributed by atoms with Crippen LogP contribution in [0.1, 0.15) is 38.1 Å². The van der Waals surface area contributed by atoms with Gasteiger partial charge in [0.1, 0.15) is 0 Å². The van der Waals surface area contributed by atoms with Gasteiger partial charge in [0.05, 0.1) is 35.1 Å². The van der Waals surface area contributed by atoms with Gasteiger partial charge < -0.3 is 5.32 Å². The molecule has 6 nitrogen and oxygen atoms in total. The van der Waals surface area contributed by atoms with Gasteiger partial charge in [0.15, 0.2) is 0 Å². The van der Waals surface area contributed by atoms with Gasteiger partial charge in [-0.05, 0) is 47.1 Å². The molecule has 1 aliphatic rings. The minimum atomic E-state index is -0.336. The number of hydrogen-bond donors (Lipinski definition) is 1. The van der Waals surface area contributed by atoms with Crippen LogP contribution < -0.4 is 5.32 Å². The van der Waals surface area contributed by atoms with Gasteiger partial charge in [-0.1, -0.05) is 0 Å². The number of hydrogen-bond acceptors (Lipinski definition) is 4. The summed E-state index contributed by atoms with van der Waals surface area (Å²) in [4.78, 5) is 14.4. The molecule has 0 radical (unpaired) electrons. The van der Waals surface area contributed by atoms with E-state index in [1.54, 1.807) is 0 Å². The summed E-state index contributed by atoms with van der Waals surface area (Å²) in [5.74, 6) is -0.0379. The Hall–Kier alpha value is -1.87. The van der Waals surface area contributed by atoms with Gasteiger partial charge in [-0.2, -0.15) is 10.4 Å². The number of likely N-dealkylation sites (tertiary alicyclic amines) is 1. The Bertz CT molecular complexity index is 600. The maximum Gasteiger partial charge on any atom is 0.238 e. The molecule has 1 aromatic rings. The van der Waals surface area contributed by atoms with Crippen LogP contribution in [0.2, 0.25) is 0 Å². The number of anilines is 1. The van der Waals surface area contributed by atoms with E-state index in [0.717, 1.165) is 43.0 Å². The Morgan fingerprint density at radius 2 is 2.23 bits per heavy atom. The van der Waals surface area contributed by atoms with Gasteiger partial charge in [-0.25, -0.2) is 0 Å². The molecule has 0 spiro atoms. The molecular weight excluding hydrogens is 278 g/mol. The van der Waals surface area contributed by atoms with Crippen molar-refractivity contribution >= 4 is 11.6 Å². The molecule has 2 heterocycles. The molecule has 1 atom stereocenters. The van der Waals surface area contributed by atoms with Crippen LogP contribution >= 0.6 is 0 Å². The molecule has 1 fully saturated rings. The average molecular weight is 303 g/mol. The van der Waals surface area contributed by atoms with Crippen LogP contribution in [0, 0.1) is 30.6 Å². The lowest BCUT2D eigenvalue weighted by Gasteiger charge is -2.35. The van der Waals surface area contributed by atoms with E-state index in [0.29, 0.717) is 13.1 Å². The molecule has 1 aliphatic heterocycles. The first-order valence-electron chi connectivity index (χ1n) is 7.86. The maximum atomic E-state index is 12.3.